The van der Waals surface area contributed by atoms with Gasteiger partial charge in [-0.1, -0.05) is 0 Å². The van der Waals surface area contributed by atoms with Crippen molar-refractivity contribution in [2.24, 2.45) is 11.7 Å². The lowest BCUT2D eigenvalue weighted by Gasteiger charge is -2.35. The van der Waals surface area contributed by atoms with Crippen LogP contribution in [0.2, 0.25) is 0 Å². The minimum Gasteiger partial charge on any atom is -0.468 e. The summed E-state index contributed by atoms with van der Waals surface area (Å²) in [4.78, 5) is 25.8. The summed E-state index contributed by atoms with van der Waals surface area (Å²) in [7, 11) is 0. The van der Waals surface area contributed by atoms with Crippen LogP contribution in [-0.2, 0) is 25.6 Å². The third kappa shape index (κ3) is 5.30. The molecule has 0 unspecified atom stereocenters. The van der Waals surface area contributed by atoms with E-state index in [1.807, 2.05) is 12.1 Å². The molecule has 2 aliphatic rings. The first kappa shape index (κ1) is 18.9. The van der Waals surface area contributed by atoms with Gasteiger partial charge in [0.05, 0.1) is 31.6 Å². The zero-order chi connectivity index (χ0) is 18.4. The third-order valence-corrected chi connectivity index (χ3v) is 4.98. The molecule has 3 N–H and O–H groups in total. The molecule has 2 amide bonds. The number of piperidine rings is 1. The summed E-state index contributed by atoms with van der Waals surface area (Å²) < 4.78 is 16.4. The minimum atomic E-state index is -0.509. The van der Waals surface area contributed by atoms with Crippen molar-refractivity contribution in [3.63, 3.8) is 0 Å². The summed E-state index contributed by atoms with van der Waals surface area (Å²) in [5.74, 6) is 0.458. The highest BCUT2D eigenvalue weighted by Crippen LogP contribution is 2.20. The second-order valence-corrected chi connectivity index (χ2v) is 6.92. The fraction of sp³-hybridized carbons (Fsp3) is 0.667. The maximum absolute atomic E-state index is 12.6. The summed E-state index contributed by atoms with van der Waals surface area (Å²) in [6.07, 6.45) is 3.71. The van der Waals surface area contributed by atoms with E-state index in [0.717, 1.165) is 38.2 Å². The van der Waals surface area contributed by atoms with Crippen molar-refractivity contribution < 1.29 is 23.5 Å². The van der Waals surface area contributed by atoms with E-state index in [0.29, 0.717) is 19.6 Å². The highest BCUT2D eigenvalue weighted by molar-refractivity contribution is 5.79. The molecule has 2 fully saturated rings. The number of ether oxygens (including phenoxy) is 2. The molecule has 144 valence electrons. The average molecular weight is 365 g/mol. The molecule has 0 spiro atoms. The highest BCUT2D eigenvalue weighted by Gasteiger charge is 2.32. The molecule has 2 saturated heterocycles. The van der Waals surface area contributed by atoms with Gasteiger partial charge in [0, 0.05) is 12.5 Å². The molecule has 8 nitrogen and oxygen atoms in total. The highest BCUT2D eigenvalue weighted by atomic mass is 16.5. The predicted octanol–water partition coefficient (Wildman–Crippen LogP) is 0.267. The number of primary amides is 1. The average Bonchev–Trinajstić information content (AvgIpc) is 3.14. The van der Waals surface area contributed by atoms with Crippen LogP contribution in [-0.4, -0.2) is 61.8 Å². The number of carbonyl (C=O) groups is 2. The smallest absolute Gasteiger partial charge is 0.243 e. The Morgan fingerprint density at radius 3 is 2.81 bits per heavy atom. The summed E-state index contributed by atoms with van der Waals surface area (Å²) in [6.45, 7) is 3.32. The monoisotopic (exact) mass is 365 g/mol. The van der Waals surface area contributed by atoms with E-state index < -0.39 is 5.91 Å². The minimum absolute atomic E-state index is 0.0124. The number of carbonyl (C=O) groups excluding carboxylic acids is 2. The summed E-state index contributed by atoms with van der Waals surface area (Å²) in [5, 5.41) is 3.04. The van der Waals surface area contributed by atoms with Crippen molar-refractivity contribution in [2.45, 2.75) is 38.0 Å². The number of furan rings is 1. The topological polar surface area (TPSA) is 107 Å². The first-order valence-corrected chi connectivity index (χ1v) is 9.14. The standard InChI is InChI=1S/C18H27N3O5/c19-17(22)12-26-16-5-9-24-11-15(16)20-18(23)13-3-6-21(7-4-13)10-14-2-1-8-25-14/h1-2,8,13,15-16H,3-7,9-12H2,(H2,19,22)(H,20,23)/t15-,16+/m1/s1. The van der Waals surface area contributed by atoms with Crippen LogP contribution in [0, 0.1) is 5.92 Å². The predicted molar refractivity (Wildman–Crippen MR) is 93.0 cm³/mol. The zero-order valence-electron chi connectivity index (χ0n) is 14.9. The first-order valence-electron chi connectivity index (χ1n) is 9.14. The van der Waals surface area contributed by atoms with E-state index in [2.05, 4.69) is 10.2 Å². The van der Waals surface area contributed by atoms with E-state index in [1.54, 1.807) is 6.26 Å². The van der Waals surface area contributed by atoms with Crippen molar-refractivity contribution >= 4 is 11.8 Å². The van der Waals surface area contributed by atoms with Crippen molar-refractivity contribution in [1.29, 1.82) is 0 Å². The number of nitrogens with one attached hydrogen (secondary N) is 1. The summed E-state index contributed by atoms with van der Waals surface area (Å²) in [5.41, 5.74) is 5.14. The van der Waals surface area contributed by atoms with Crippen LogP contribution in [0.15, 0.2) is 22.8 Å². The quantitative estimate of drug-likeness (QED) is 0.718. The molecule has 0 aliphatic carbocycles. The van der Waals surface area contributed by atoms with E-state index in [4.69, 9.17) is 19.6 Å². The Labute approximate surface area is 153 Å². The molecule has 8 heteroatoms. The second kappa shape index (κ2) is 9.16. The van der Waals surface area contributed by atoms with E-state index in [-0.39, 0.29) is 30.6 Å². The lowest BCUT2D eigenvalue weighted by Crippen LogP contribution is -2.53. The van der Waals surface area contributed by atoms with Gasteiger partial charge in [-0.3, -0.25) is 14.5 Å². The van der Waals surface area contributed by atoms with Crippen molar-refractivity contribution in [2.75, 3.05) is 32.9 Å². The van der Waals surface area contributed by atoms with Crippen LogP contribution in [0.5, 0.6) is 0 Å². The first-order chi connectivity index (χ1) is 12.6. The van der Waals surface area contributed by atoms with Gasteiger partial charge in [-0.05, 0) is 44.5 Å². The molecule has 1 aromatic rings. The Bertz CT molecular complexity index is 584. The largest absolute Gasteiger partial charge is 0.468 e. The number of hydrogen-bond donors (Lipinski definition) is 2. The molecule has 0 bridgehead atoms. The second-order valence-electron chi connectivity index (χ2n) is 6.92. The number of nitrogens with zero attached hydrogens (tertiary/aromatic N) is 1. The third-order valence-electron chi connectivity index (χ3n) is 4.98. The van der Waals surface area contributed by atoms with Gasteiger partial charge in [-0.2, -0.15) is 0 Å². The number of rotatable bonds is 7. The fourth-order valence-electron chi connectivity index (χ4n) is 3.52. The Morgan fingerprint density at radius 2 is 2.12 bits per heavy atom. The molecule has 2 atom stereocenters. The number of nitrogens with two attached hydrogens (primary N) is 1. The van der Waals surface area contributed by atoms with Gasteiger partial charge in [0.1, 0.15) is 12.4 Å². The maximum Gasteiger partial charge on any atom is 0.243 e. The van der Waals surface area contributed by atoms with Gasteiger partial charge in [0.25, 0.3) is 0 Å². The van der Waals surface area contributed by atoms with Gasteiger partial charge in [0.15, 0.2) is 0 Å². The lowest BCUT2D eigenvalue weighted by molar-refractivity contribution is -0.134. The molecule has 0 saturated carbocycles. The normalized spacial score (nSPS) is 25.1. The number of likely N-dealkylation sites (tertiary alicyclic amines) is 1. The van der Waals surface area contributed by atoms with Crippen LogP contribution >= 0.6 is 0 Å². The van der Waals surface area contributed by atoms with Gasteiger partial charge >= 0.3 is 0 Å². The fourth-order valence-corrected chi connectivity index (χ4v) is 3.52. The van der Waals surface area contributed by atoms with Crippen LogP contribution in [0.1, 0.15) is 25.0 Å². The Kier molecular flexibility index (Phi) is 6.65. The van der Waals surface area contributed by atoms with Gasteiger partial charge in [-0.15, -0.1) is 0 Å². The lowest BCUT2D eigenvalue weighted by atomic mass is 9.95. The molecule has 0 aromatic carbocycles. The van der Waals surface area contributed by atoms with Crippen molar-refractivity contribution in [3.8, 4) is 0 Å². The van der Waals surface area contributed by atoms with Crippen LogP contribution in [0.3, 0.4) is 0 Å². The molecule has 3 heterocycles. The van der Waals surface area contributed by atoms with Crippen LogP contribution in [0.25, 0.3) is 0 Å². The Balaban J connectivity index is 1.44. The molecule has 2 aliphatic heterocycles. The van der Waals surface area contributed by atoms with Crippen LogP contribution < -0.4 is 11.1 Å². The van der Waals surface area contributed by atoms with E-state index in [1.165, 1.54) is 0 Å². The molecule has 1 aromatic heterocycles. The van der Waals surface area contributed by atoms with Gasteiger partial charge in [0.2, 0.25) is 11.8 Å². The molecular formula is C18H27N3O5. The van der Waals surface area contributed by atoms with Gasteiger partial charge in [-0.25, -0.2) is 0 Å². The number of amides is 2. The van der Waals surface area contributed by atoms with E-state index >= 15 is 0 Å². The molecule has 0 radical (unpaired) electrons. The van der Waals surface area contributed by atoms with Gasteiger partial charge < -0.3 is 24.9 Å². The summed E-state index contributed by atoms with van der Waals surface area (Å²) in [6, 6.07) is 3.61. The van der Waals surface area contributed by atoms with Crippen LogP contribution in [0.4, 0.5) is 0 Å². The maximum atomic E-state index is 12.6. The van der Waals surface area contributed by atoms with Crippen molar-refractivity contribution in [3.05, 3.63) is 24.2 Å². The number of hydrogen-bond acceptors (Lipinski definition) is 6. The molecule has 3 rings (SSSR count). The molecule has 26 heavy (non-hydrogen) atoms. The Hall–Kier alpha value is -1.90. The SMILES string of the molecule is NC(=O)CO[C@H]1CCOC[C@H]1NC(=O)C1CCN(Cc2ccco2)CC1. The molecular weight excluding hydrogens is 338 g/mol. The van der Waals surface area contributed by atoms with E-state index in [9.17, 15) is 9.59 Å². The summed E-state index contributed by atoms with van der Waals surface area (Å²) >= 11 is 0. The van der Waals surface area contributed by atoms with Crippen molar-refractivity contribution in [1.82, 2.24) is 10.2 Å². The zero-order valence-corrected chi connectivity index (χ0v) is 14.9. The Morgan fingerprint density at radius 1 is 1.31 bits per heavy atom.